The number of amides is 3. The number of carbonyl (C=O) groups is 2. The predicted molar refractivity (Wildman–Crippen MR) is 104 cm³/mol. The number of methoxy groups -OCH3 is 1. The number of benzene rings is 2. The summed E-state index contributed by atoms with van der Waals surface area (Å²) in [4.78, 5) is 27.0. The Balaban J connectivity index is 1.94. The molecule has 27 heavy (non-hydrogen) atoms. The second-order valence-electron chi connectivity index (χ2n) is 6.24. The Morgan fingerprint density at radius 3 is 2.41 bits per heavy atom. The monoisotopic (exact) mass is 371 g/mol. The zero-order chi connectivity index (χ0) is 19.8. The summed E-state index contributed by atoms with van der Waals surface area (Å²) in [5.74, 6) is 1.12. The molecule has 2 rings (SSSR count). The number of anilines is 1. The number of nitrogens with one attached hydrogen (secondary N) is 1. The number of hydrogen-bond donors (Lipinski definition) is 1. The summed E-state index contributed by atoms with van der Waals surface area (Å²) in [6.45, 7) is 0.386. The molecular formula is C20H25N3O4. The van der Waals surface area contributed by atoms with Gasteiger partial charge in [0.15, 0.2) is 6.61 Å². The molecule has 0 saturated carbocycles. The van der Waals surface area contributed by atoms with Crippen molar-refractivity contribution < 1.29 is 19.1 Å². The molecule has 3 amide bonds. The first kappa shape index (κ1) is 20.1. The van der Waals surface area contributed by atoms with Crippen LogP contribution in [0.15, 0.2) is 48.5 Å². The molecule has 0 saturated heterocycles. The Bertz CT molecular complexity index is 792. The fourth-order valence-electron chi connectivity index (χ4n) is 2.27. The average molecular weight is 371 g/mol. The van der Waals surface area contributed by atoms with Gasteiger partial charge in [-0.1, -0.05) is 18.2 Å². The standard InChI is InChI=1S/C20H25N3O4/c1-22(2)19(24)14-27-18-10-6-8-16(12-18)21-20(25)23(3)13-15-7-5-9-17(11-15)26-4/h5-12H,13-14H2,1-4H3,(H,21,25). The summed E-state index contributed by atoms with van der Waals surface area (Å²) in [7, 11) is 6.66. The lowest BCUT2D eigenvalue weighted by atomic mass is 10.2. The maximum absolute atomic E-state index is 12.4. The number of carbonyl (C=O) groups excluding carboxylic acids is 2. The van der Waals surface area contributed by atoms with E-state index >= 15 is 0 Å². The van der Waals surface area contributed by atoms with E-state index in [1.807, 2.05) is 24.3 Å². The van der Waals surface area contributed by atoms with Gasteiger partial charge in [-0.15, -0.1) is 0 Å². The summed E-state index contributed by atoms with van der Waals surface area (Å²) >= 11 is 0. The van der Waals surface area contributed by atoms with Crippen molar-refractivity contribution in [3.63, 3.8) is 0 Å². The van der Waals surface area contributed by atoms with Crippen molar-refractivity contribution in [1.29, 1.82) is 0 Å². The van der Waals surface area contributed by atoms with Gasteiger partial charge in [0.1, 0.15) is 11.5 Å². The molecule has 0 bridgehead atoms. The smallest absolute Gasteiger partial charge is 0.321 e. The van der Waals surface area contributed by atoms with Crippen LogP contribution in [-0.4, -0.2) is 56.6 Å². The van der Waals surface area contributed by atoms with Crippen LogP contribution in [0.4, 0.5) is 10.5 Å². The predicted octanol–water partition coefficient (Wildman–Crippen LogP) is 2.83. The number of ether oxygens (including phenoxy) is 2. The quantitative estimate of drug-likeness (QED) is 0.812. The largest absolute Gasteiger partial charge is 0.497 e. The van der Waals surface area contributed by atoms with Crippen LogP contribution in [0.3, 0.4) is 0 Å². The second-order valence-corrected chi connectivity index (χ2v) is 6.24. The Morgan fingerprint density at radius 2 is 1.70 bits per heavy atom. The molecule has 0 heterocycles. The Hall–Kier alpha value is -3.22. The van der Waals surface area contributed by atoms with Crippen molar-refractivity contribution in [2.75, 3.05) is 40.2 Å². The number of nitrogens with zero attached hydrogens (tertiary/aromatic N) is 2. The third-order valence-corrected chi connectivity index (χ3v) is 3.85. The molecule has 0 unspecified atom stereocenters. The number of likely N-dealkylation sites (N-methyl/N-ethyl adjacent to an activating group) is 1. The third-order valence-electron chi connectivity index (χ3n) is 3.85. The molecule has 7 heteroatoms. The highest BCUT2D eigenvalue weighted by Gasteiger charge is 2.11. The summed E-state index contributed by atoms with van der Waals surface area (Å²) in [5.41, 5.74) is 1.55. The van der Waals surface area contributed by atoms with E-state index in [0.717, 1.165) is 11.3 Å². The number of hydrogen-bond acceptors (Lipinski definition) is 4. The van der Waals surface area contributed by atoms with E-state index in [4.69, 9.17) is 9.47 Å². The molecule has 0 aliphatic carbocycles. The Kier molecular flexibility index (Phi) is 7.05. The minimum atomic E-state index is -0.251. The summed E-state index contributed by atoms with van der Waals surface area (Å²) in [6, 6.07) is 14.2. The van der Waals surface area contributed by atoms with Gasteiger partial charge in [-0.3, -0.25) is 4.79 Å². The first-order chi connectivity index (χ1) is 12.9. The average Bonchev–Trinajstić information content (AvgIpc) is 2.66. The van der Waals surface area contributed by atoms with Gasteiger partial charge in [0, 0.05) is 39.4 Å². The first-order valence-electron chi connectivity index (χ1n) is 8.47. The van der Waals surface area contributed by atoms with Crippen molar-refractivity contribution in [3.8, 4) is 11.5 Å². The van der Waals surface area contributed by atoms with Gasteiger partial charge in [-0.2, -0.15) is 0 Å². The molecule has 0 spiro atoms. The van der Waals surface area contributed by atoms with Crippen LogP contribution in [0.2, 0.25) is 0 Å². The van der Waals surface area contributed by atoms with Crippen LogP contribution in [-0.2, 0) is 11.3 Å². The zero-order valence-corrected chi connectivity index (χ0v) is 16.1. The maximum Gasteiger partial charge on any atom is 0.321 e. The van der Waals surface area contributed by atoms with Gasteiger partial charge in [0.2, 0.25) is 0 Å². The van der Waals surface area contributed by atoms with Crippen LogP contribution < -0.4 is 14.8 Å². The van der Waals surface area contributed by atoms with Crippen molar-refractivity contribution in [2.45, 2.75) is 6.54 Å². The fraction of sp³-hybridized carbons (Fsp3) is 0.300. The number of rotatable bonds is 7. The molecule has 2 aromatic rings. The van der Waals surface area contributed by atoms with Gasteiger partial charge in [-0.05, 0) is 29.8 Å². The lowest BCUT2D eigenvalue weighted by molar-refractivity contribution is -0.130. The van der Waals surface area contributed by atoms with Gasteiger partial charge in [0.25, 0.3) is 5.91 Å². The normalized spacial score (nSPS) is 10.1. The Morgan fingerprint density at radius 1 is 1.00 bits per heavy atom. The van der Waals surface area contributed by atoms with Crippen molar-refractivity contribution >= 4 is 17.6 Å². The van der Waals surface area contributed by atoms with Crippen LogP contribution in [0, 0.1) is 0 Å². The summed E-state index contributed by atoms with van der Waals surface area (Å²) < 4.78 is 10.7. The lowest BCUT2D eigenvalue weighted by Crippen LogP contribution is -2.30. The van der Waals surface area contributed by atoms with E-state index < -0.39 is 0 Å². The van der Waals surface area contributed by atoms with Crippen LogP contribution in [0.25, 0.3) is 0 Å². The highest BCUT2D eigenvalue weighted by molar-refractivity contribution is 5.89. The summed E-state index contributed by atoms with van der Waals surface area (Å²) in [5, 5.41) is 2.82. The molecule has 0 atom stereocenters. The molecule has 0 aromatic heterocycles. The van der Waals surface area contributed by atoms with Crippen molar-refractivity contribution in [2.24, 2.45) is 0 Å². The molecule has 2 aromatic carbocycles. The van der Waals surface area contributed by atoms with E-state index in [-0.39, 0.29) is 18.5 Å². The second kappa shape index (κ2) is 9.47. The van der Waals surface area contributed by atoms with Gasteiger partial charge >= 0.3 is 6.03 Å². The molecule has 0 radical (unpaired) electrons. The van der Waals surface area contributed by atoms with E-state index in [1.165, 1.54) is 4.90 Å². The fourth-order valence-corrected chi connectivity index (χ4v) is 2.27. The van der Waals surface area contributed by atoms with E-state index in [9.17, 15) is 9.59 Å². The lowest BCUT2D eigenvalue weighted by Gasteiger charge is -2.19. The first-order valence-corrected chi connectivity index (χ1v) is 8.47. The zero-order valence-electron chi connectivity index (χ0n) is 16.1. The summed E-state index contributed by atoms with van der Waals surface area (Å²) in [6.07, 6.45) is 0. The van der Waals surface area contributed by atoms with Crippen molar-refractivity contribution in [1.82, 2.24) is 9.80 Å². The van der Waals surface area contributed by atoms with E-state index in [1.54, 1.807) is 57.4 Å². The van der Waals surface area contributed by atoms with Crippen molar-refractivity contribution in [3.05, 3.63) is 54.1 Å². The maximum atomic E-state index is 12.4. The molecule has 0 aliphatic rings. The molecular weight excluding hydrogens is 346 g/mol. The molecule has 1 N–H and O–H groups in total. The highest BCUT2D eigenvalue weighted by Crippen LogP contribution is 2.18. The van der Waals surface area contributed by atoms with E-state index in [2.05, 4.69) is 5.32 Å². The third kappa shape index (κ3) is 6.22. The van der Waals surface area contributed by atoms with Gasteiger partial charge in [-0.25, -0.2) is 4.79 Å². The molecule has 144 valence electrons. The van der Waals surface area contributed by atoms with Gasteiger partial charge < -0.3 is 24.6 Å². The highest BCUT2D eigenvalue weighted by atomic mass is 16.5. The molecule has 7 nitrogen and oxygen atoms in total. The minimum absolute atomic E-state index is 0.0554. The minimum Gasteiger partial charge on any atom is -0.497 e. The van der Waals surface area contributed by atoms with Crippen LogP contribution in [0.1, 0.15) is 5.56 Å². The Labute approximate surface area is 159 Å². The molecule has 0 aliphatic heterocycles. The number of urea groups is 1. The topological polar surface area (TPSA) is 71.1 Å². The van der Waals surface area contributed by atoms with E-state index in [0.29, 0.717) is 18.0 Å². The van der Waals surface area contributed by atoms with Crippen LogP contribution >= 0.6 is 0 Å². The van der Waals surface area contributed by atoms with Crippen LogP contribution in [0.5, 0.6) is 11.5 Å². The van der Waals surface area contributed by atoms with Gasteiger partial charge in [0.05, 0.1) is 7.11 Å². The SMILES string of the molecule is COc1cccc(CN(C)C(=O)Nc2cccc(OCC(=O)N(C)C)c2)c1. The molecule has 0 fully saturated rings.